The van der Waals surface area contributed by atoms with Crippen LogP contribution in [0.25, 0.3) is 0 Å². The van der Waals surface area contributed by atoms with Crippen LogP contribution in [0.4, 0.5) is 10.5 Å². The maximum Gasteiger partial charge on any atom is 0.407 e. The van der Waals surface area contributed by atoms with Gasteiger partial charge >= 0.3 is 6.09 Å². The van der Waals surface area contributed by atoms with E-state index >= 15 is 0 Å². The van der Waals surface area contributed by atoms with Gasteiger partial charge in [-0.15, -0.1) is 0 Å². The molecule has 0 spiro atoms. The van der Waals surface area contributed by atoms with Gasteiger partial charge in [0, 0.05) is 26.1 Å². The largest absolute Gasteiger partial charge is 0.497 e. The standard InChI is InChI=1S/C15H22N2O5/c1-5-22-15(19)16-8-9-17(11(2)18)13-10-12(20-3)6-7-14(13)21-4/h6-7,10H,5,8-9H2,1-4H3,(H,16,19). The Labute approximate surface area is 130 Å². The highest BCUT2D eigenvalue weighted by atomic mass is 16.5. The highest BCUT2D eigenvalue weighted by Crippen LogP contribution is 2.32. The zero-order valence-corrected chi connectivity index (χ0v) is 13.3. The molecule has 0 saturated heterocycles. The van der Waals surface area contributed by atoms with Gasteiger partial charge in [-0.25, -0.2) is 4.79 Å². The number of hydrogen-bond donors (Lipinski definition) is 1. The molecular formula is C15H22N2O5. The van der Waals surface area contributed by atoms with Crippen LogP contribution in [0, 0.1) is 0 Å². The zero-order chi connectivity index (χ0) is 16.5. The lowest BCUT2D eigenvalue weighted by Gasteiger charge is -2.23. The first kappa shape index (κ1) is 17.6. The summed E-state index contributed by atoms with van der Waals surface area (Å²) >= 11 is 0. The van der Waals surface area contributed by atoms with Crippen molar-refractivity contribution in [2.75, 3.05) is 38.8 Å². The van der Waals surface area contributed by atoms with E-state index in [-0.39, 0.29) is 19.0 Å². The van der Waals surface area contributed by atoms with Gasteiger partial charge in [-0.2, -0.15) is 0 Å². The third-order valence-electron chi connectivity index (χ3n) is 2.94. The number of amides is 2. The van der Waals surface area contributed by atoms with E-state index in [1.54, 1.807) is 32.2 Å². The average molecular weight is 310 g/mol. The lowest BCUT2D eigenvalue weighted by atomic mass is 10.2. The second-order valence-corrected chi connectivity index (χ2v) is 4.36. The van der Waals surface area contributed by atoms with Gasteiger partial charge in [-0.1, -0.05) is 0 Å². The fraction of sp³-hybridized carbons (Fsp3) is 0.467. The van der Waals surface area contributed by atoms with Crippen LogP contribution in [0.15, 0.2) is 18.2 Å². The summed E-state index contributed by atoms with van der Waals surface area (Å²) in [5, 5.41) is 2.58. The van der Waals surface area contributed by atoms with Crippen molar-refractivity contribution < 1.29 is 23.8 Å². The van der Waals surface area contributed by atoms with Gasteiger partial charge in [-0.05, 0) is 19.1 Å². The van der Waals surface area contributed by atoms with Crippen molar-refractivity contribution in [2.24, 2.45) is 0 Å². The van der Waals surface area contributed by atoms with Crippen LogP contribution in [0.5, 0.6) is 11.5 Å². The van der Waals surface area contributed by atoms with E-state index in [1.807, 2.05) is 0 Å². The van der Waals surface area contributed by atoms with E-state index < -0.39 is 6.09 Å². The van der Waals surface area contributed by atoms with Crippen molar-refractivity contribution in [2.45, 2.75) is 13.8 Å². The Hall–Kier alpha value is -2.44. The van der Waals surface area contributed by atoms with E-state index in [4.69, 9.17) is 14.2 Å². The summed E-state index contributed by atoms with van der Waals surface area (Å²) in [6, 6.07) is 5.19. The Morgan fingerprint density at radius 2 is 1.95 bits per heavy atom. The Kier molecular flexibility index (Phi) is 7.01. The quantitative estimate of drug-likeness (QED) is 0.831. The highest BCUT2D eigenvalue weighted by molar-refractivity contribution is 5.93. The summed E-state index contributed by atoms with van der Waals surface area (Å²) in [5.74, 6) is 0.991. The SMILES string of the molecule is CCOC(=O)NCCN(C(C)=O)c1cc(OC)ccc1OC. The number of carbonyl (C=O) groups is 2. The fourth-order valence-electron chi connectivity index (χ4n) is 1.91. The molecule has 2 amide bonds. The van der Waals surface area contributed by atoms with Gasteiger partial charge in [0.15, 0.2) is 0 Å². The molecule has 1 aromatic rings. The summed E-state index contributed by atoms with van der Waals surface area (Å²) in [6.45, 7) is 4.02. The van der Waals surface area contributed by atoms with Crippen LogP contribution in [0.1, 0.15) is 13.8 Å². The molecule has 0 fully saturated rings. The molecule has 0 unspecified atom stereocenters. The molecule has 0 radical (unpaired) electrons. The molecule has 0 aliphatic rings. The number of hydrogen-bond acceptors (Lipinski definition) is 5. The predicted molar refractivity (Wildman–Crippen MR) is 82.6 cm³/mol. The topological polar surface area (TPSA) is 77.1 Å². The van der Waals surface area contributed by atoms with Crippen molar-refractivity contribution in [3.05, 3.63) is 18.2 Å². The number of methoxy groups -OCH3 is 2. The maximum atomic E-state index is 11.9. The molecule has 0 aromatic heterocycles. The van der Waals surface area contributed by atoms with Crippen LogP contribution in [-0.2, 0) is 9.53 Å². The number of benzene rings is 1. The maximum absolute atomic E-state index is 11.9. The number of rotatable bonds is 7. The summed E-state index contributed by atoms with van der Waals surface area (Å²) in [4.78, 5) is 24.7. The van der Waals surface area contributed by atoms with Crippen molar-refractivity contribution in [3.8, 4) is 11.5 Å². The molecule has 1 rings (SSSR count). The first-order valence-corrected chi connectivity index (χ1v) is 6.94. The number of anilines is 1. The third-order valence-corrected chi connectivity index (χ3v) is 2.94. The van der Waals surface area contributed by atoms with Crippen LogP contribution in [-0.4, -0.2) is 45.9 Å². The van der Waals surface area contributed by atoms with Crippen LogP contribution in [0.3, 0.4) is 0 Å². The molecule has 122 valence electrons. The normalized spacial score (nSPS) is 9.82. The number of alkyl carbamates (subject to hydrolysis) is 1. The predicted octanol–water partition coefficient (Wildman–Crippen LogP) is 1.80. The van der Waals surface area contributed by atoms with Gasteiger partial charge in [0.1, 0.15) is 11.5 Å². The molecular weight excluding hydrogens is 288 g/mol. The van der Waals surface area contributed by atoms with E-state index in [0.29, 0.717) is 23.8 Å². The minimum Gasteiger partial charge on any atom is -0.497 e. The van der Waals surface area contributed by atoms with Crippen molar-refractivity contribution in [1.29, 1.82) is 0 Å². The van der Waals surface area contributed by atoms with Gasteiger partial charge in [-0.3, -0.25) is 4.79 Å². The lowest BCUT2D eigenvalue weighted by Crippen LogP contribution is -2.38. The van der Waals surface area contributed by atoms with Gasteiger partial charge in [0.05, 0.1) is 26.5 Å². The average Bonchev–Trinajstić information content (AvgIpc) is 2.51. The Morgan fingerprint density at radius 3 is 2.50 bits per heavy atom. The second-order valence-electron chi connectivity index (χ2n) is 4.36. The number of nitrogens with one attached hydrogen (secondary N) is 1. The van der Waals surface area contributed by atoms with E-state index in [9.17, 15) is 9.59 Å². The molecule has 0 saturated carbocycles. The molecule has 0 bridgehead atoms. The first-order chi connectivity index (χ1) is 10.5. The van der Waals surface area contributed by atoms with Gasteiger partial charge in [0.2, 0.25) is 5.91 Å². The summed E-state index contributed by atoms with van der Waals surface area (Å²) in [7, 11) is 3.08. The molecule has 0 heterocycles. The number of carbonyl (C=O) groups excluding carboxylic acids is 2. The molecule has 0 aliphatic carbocycles. The third kappa shape index (κ3) is 4.83. The molecule has 7 nitrogen and oxygen atoms in total. The molecule has 1 N–H and O–H groups in total. The second kappa shape index (κ2) is 8.76. The lowest BCUT2D eigenvalue weighted by molar-refractivity contribution is -0.116. The van der Waals surface area contributed by atoms with Crippen molar-refractivity contribution in [1.82, 2.24) is 5.32 Å². The monoisotopic (exact) mass is 310 g/mol. The summed E-state index contributed by atoms with van der Waals surface area (Å²) < 4.78 is 15.2. The van der Waals surface area contributed by atoms with Crippen LogP contribution >= 0.6 is 0 Å². The molecule has 0 aliphatic heterocycles. The molecule has 7 heteroatoms. The van der Waals surface area contributed by atoms with Gasteiger partial charge < -0.3 is 24.4 Å². The molecule has 1 aromatic carbocycles. The number of nitrogens with zero attached hydrogens (tertiary/aromatic N) is 1. The molecule has 22 heavy (non-hydrogen) atoms. The Balaban J connectivity index is 2.86. The highest BCUT2D eigenvalue weighted by Gasteiger charge is 2.17. The van der Waals surface area contributed by atoms with E-state index in [1.165, 1.54) is 18.9 Å². The smallest absolute Gasteiger partial charge is 0.407 e. The van der Waals surface area contributed by atoms with Crippen molar-refractivity contribution >= 4 is 17.7 Å². The zero-order valence-electron chi connectivity index (χ0n) is 13.3. The Bertz CT molecular complexity index is 519. The summed E-state index contributed by atoms with van der Waals surface area (Å²) in [5.41, 5.74) is 0.583. The minimum atomic E-state index is -0.511. The van der Waals surface area contributed by atoms with Crippen LogP contribution < -0.4 is 19.7 Å². The van der Waals surface area contributed by atoms with Crippen LogP contribution in [0.2, 0.25) is 0 Å². The molecule has 0 atom stereocenters. The van der Waals surface area contributed by atoms with Gasteiger partial charge in [0.25, 0.3) is 0 Å². The summed E-state index contributed by atoms with van der Waals surface area (Å²) in [6.07, 6.45) is -0.511. The first-order valence-electron chi connectivity index (χ1n) is 6.94. The van der Waals surface area contributed by atoms with E-state index in [2.05, 4.69) is 5.32 Å². The van der Waals surface area contributed by atoms with E-state index in [0.717, 1.165) is 0 Å². The van der Waals surface area contributed by atoms with Crippen molar-refractivity contribution in [3.63, 3.8) is 0 Å². The Morgan fingerprint density at radius 1 is 1.23 bits per heavy atom. The minimum absolute atomic E-state index is 0.169. The number of ether oxygens (including phenoxy) is 3. The fourth-order valence-corrected chi connectivity index (χ4v) is 1.91.